The van der Waals surface area contributed by atoms with Crippen LogP contribution in [0.2, 0.25) is 0 Å². The van der Waals surface area contributed by atoms with Crippen LogP contribution < -0.4 is 14.8 Å². The number of carboxylic acid groups (broad SMARTS) is 1. The van der Waals surface area contributed by atoms with Gasteiger partial charge < -0.3 is 14.6 Å². The molecule has 0 saturated heterocycles. The number of hydrogen-bond acceptors (Lipinski definition) is 4. The van der Waals surface area contributed by atoms with Crippen LogP contribution in [0.4, 0.5) is 0 Å². The predicted molar refractivity (Wildman–Crippen MR) is 70.4 cm³/mol. The summed E-state index contributed by atoms with van der Waals surface area (Å²) >= 11 is 0. The van der Waals surface area contributed by atoms with Gasteiger partial charge in [0.25, 0.3) is 0 Å². The quantitative estimate of drug-likeness (QED) is 0.825. The van der Waals surface area contributed by atoms with Crippen LogP contribution in [0.5, 0.6) is 11.5 Å². The Labute approximate surface area is 112 Å². The predicted octanol–water partition coefficient (Wildman–Crippen LogP) is 2.15. The third-order valence-electron chi connectivity index (χ3n) is 3.68. The van der Waals surface area contributed by atoms with E-state index in [1.807, 2.05) is 32.0 Å². The summed E-state index contributed by atoms with van der Waals surface area (Å²) in [5.41, 5.74) is 0.118. The summed E-state index contributed by atoms with van der Waals surface area (Å²) in [4.78, 5) is 11.4. The maximum absolute atomic E-state index is 11.4. The minimum atomic E-state index is -0.865. The zero-order valence-corrected chi connectivity index (χ0v) is 11.2. The van der Waals surface area contributed by atoms with Gasteiger partial charge in [0.2, 0.25) is 6.79 Å². The Morgan fingerprint density at radius 3 is 2.63 bits per heavy atom. The first-order valence-corrected chi connectivity index (χ1v) is 6.48. The van der Waals surface area contributed by atoms with Gasteiger partial charge in [-0.1, -0.05) is 19.9 Å². The molecule has 0 aliphatic carbocycles. The number of carbonyl (C=O) groups is 1. The summed E-state index contributed by atoms with van der Waals surface area (Å²) in [5.74, 6) is 0.644. The molecule has 1 aromatic carbocycles. The summed E-state index contributed by atoms with van der Waals surface area (Å²) in [5, 5.41) is 12.5. The average Bonchev–Trinajstić information content (AvgIpc) is 2.87. The van der Waals surface area contributed by atoms with Crippen LogP contribution in [-0.4, -0.2) is 23.4 Å². The normalized spacial score (nSPS) is 13.6. The third kappa shape index (κ3) is 2.66. The van der Waals surface area contributed by atoms with Gasteiger partial charge in [-0.05, 0) is 30.5 Å². The Balaban J connectivity index is 2.07. The molecule has 0 radical (unpaired) electrons. The minimum absolute atomic E-state index is 0.245. The number of aliphatic carboxylic acids is 1. The van der Waals surface area contributed by atoms with Gasteiger partial charge in [-0.25, -0.2) is 0 Å². The molecule has 0 bridgehead atoms. The van der Waals surface area contributed by atoms with E-state index in [2.05, 4.69) is 5.32 Å². The van der Waals surface area contributed by atoms with Gasteiger partial charge in [-0.2, -0.15) is 0 Å². The van der Waals surface area contributed by atoms with E-state index in [4.69, 9.17) is 9.47 Å². The molecule has 0 fully saturated rings. The Hall–Kier alpha value is -1.75. The highest BCUT2D eigenvalue weighted by atomic mass is 16.7. The number of benzene rings is 1. The fourth-order valence-electron chi connectivity index (χ4n) is 2.20. The topological polar surface area (TPSA) is 67.8 Å². The smallest absolute Gasteiger partial charge is 0.323 e. The molecule has 5 heteroatoms. The van der Waals surface area contributed by atoms with Crippen molar-refractivity contribution in [1.82, 2.24) is 5.32 Å². The number of hydrogen-bond donors (Lipinski definition) is 2. The highest BCUT2D eigenvalue weighted by molar-refractivity contribution is 5.78. The first-order chi connectivity index (χ1) is 9.11. The van der Waals surface area contributed by atoms with E-state index in [0.29, 0.717) is 25.1 Å². The maximum Gasteiger partial charge on any atom is 0.323 e. The van der Waals surface area contributed by atoms with Gasteiger partial charge in [-0.15, -0.1) is 0 Å². The average molecular weight is 265 g/mol. The van der Waals surface area contributed by atoms with E-state index in [0.717, 1.165) is 11.3 Å². The Kier molecular flexibility index (Phi) is 3.95. The van der Waals surface area contributed by atoms with Gasteiger partial charge in [0.1, 0.15) is 5.54 Å². The Morgan fingerprint density at radius 1 is 1.32 bits per heavy atom. The Bertz CT molecular complexity index is 469. The van der Waals surface area contributed by atoms with Crippen molar-refractivity contribution in [3.8, 4) is 11.5 Å². The van der Waals surface area contributed by atoms with Gasteiger partial charge in [0, 0.05) is 6.54 Å². The molecule has 0 atom stereocenters. The van der Waals surface area contributed by atoms with Gasteiger partial charge in [0.05, 0.1) is 0 Å². The van der Waals surface area contributed by atoms with Crippen LogP contribution in [0.15, 0.2) is 18.2 Å². The number of rotatable bonds is 6. The highest BCUT2D eigenvalue weighted by Gasteiger charge is 2.34. The van der Waals surface area contributed by atoms with Crippen molar-refractivity contribution in [2.75, 3.05) is 6.79 Å². The molecule has 1 heterocycles. The van der Waals surface area contributed by atoms with Gasteiger partial charge in [-0.3, -0.25) is 10.1 Å². The lowest BCUT2D eigenvalue weighted by molar-refractivity contribution is -0.145. The SMILES string of the molecule is CCC(CC)(NCc1ccc2c(c1)OCO2)C(=O)O. The lowest BCUT2D eigenvalue weighted by atomic mass is 9.92. The van der Waals surface area contributed by atoms with Crippen LogP contribution in [0.3, 0.4) is 0 Å². The summed E-state index contributed by atoms with van der Waals surface area (Å²) in [7, 11) is 0. The molecule has 5 nitrogen and oxygen atoms in total. The van der Waals surface area contributed by atoms with Crippen molar-refractivity contribution < 1.29 is 19.4 Å². The molecule has 1 aliphatic heterocycles. The molecule has 2 rings (SSSR count). The van der Waals surface area contributed by atoms with Crippen molar-refractivity contribution in [3.63, 3.8) is 0 Å². The fourth-order valence-corrected chi connectivity index (χ4v) is 2.20. The molecule has 2 N–H and O–H groups in total. The van der Waals surface area contributed by atoms with E-state index in [1.54, 1.807) is 0 Å². The highest BCUT2D eigenvalue weighted by Crippen LogP contribution is 2.32. The lowest BCUT2D eigenvalue weighted by Crippen LogP contribution is -2.50. The minimum Gasteiger partial charge on any atom is -0.480 e. The molecule has 0 spiro atoms. The van der Waals surface area contributed by atoms with Crippen LogP contribution >= 0.6 is 0 Å². The molecule has 1 aromatic rings. The van der Waals surface area contributed by atoms with Crippen molar-refractivity contribution in [2.45, 2.75) is 38.8 Å². The zero-order chi connectivity index (χ0) is 13.9. The van der Waals surface area contributed by atoms with E-state index in [9.17, 15) is 9.90 Å². The van der Waals surface area contributed by atoms with Crippen LogP contribution in [0.1, 0.15) is 32.3 Å². The van der Waals surface area contributed by atoms with Crippen molar-refractivity contribution >= 4 is 5.97 Å². The molecular formula is C14H19NO4. The molecule has 0 unspecified atom stereocenters. The van der Waals surface area contributed by atoms with Crippen LogP contribution in [0.25, 0.3) is 0 Å². The van der Waals surface area contributed by atoms with Gasteiger partial charge in [0.15, 0.2) is 11.5 Å². The molecule has 0 amide bonds. The standard InChI is InChI=1S/C14H19NO4/c1-3-14(4-2,13(16)17)15-8-10-5-6-11-12(7-10)19-9-18-11/h5-7,15H,3-4,8-9H2,1-2H3,(H,16,17). The maximum atomic E-state index is 11.4. The monoisotopic (exact) mass is 265 g/mol. The molecule has 1 aliphatic rings. The fraction of sp³-hybridized carbons (Fsp3) is 0.500. The summed E-state index contributed by atoms with van der Waals surface area (Å²) in [6.45, 7) is 4.49. The number of carboxylic acids is 1. The molecule has 19 heavy (non-hydrogen) atoms. The van der Waals surface area contributed by atoms with Crippen LogP contribution in [-0.2, 0) is 11.3 Å². The second-order valence-electron chi connectivity index (χ2n) is 4.64. The van der Waals surface area contributed by atoms with Crippen molar-refractivity contribution in [1.29, 1.82) is 0 Å². The summed E-state index contributed by atoms with van der Waals surface area (Å²) < 4.78 is 10.5. The lowest BCUT2D eigenvalue weighted by Gasteiger charge is -2.28. The van der Waals surface area contributed by atoms with E-state index < -0.39 is 11.5 Å². The molecule has 104 valence electrons. The largest absolute Gasteiger partial charge is 0.480 e. The van der Waals surface area contributed by atoms with Crippen LogP contribution in [0, 0.1) is 0 Å². The molecule has 0 saturated carbocycles. The van der Waals surface area contributed by atoms with E-state index >= 15 is 0 Å². The molecular weight excluding hydrogens is 246 g/mol. The first kappa shape index (κ1) is 13.7. The summed E-state index contributed by atoms with van der Waals surface area (Å²) in [6.07, 6.45) is 1.09. The second kappa shape index (κ2) is 5.48. The molecule has 0 aromatic heterocycles. The first-order valence-electron chi connectivity index (χ1n) is 6.48. The van der Waals surface area contributed by atoms with Gasteiger partial charge >= 0.3 is 5.97 Å². The van der Waals surface area contributed by atoms with E-state index in [1.165, 1.54) is 0 Å². The third-order valence-corrected chi connectivity index (χ3v) is 3.68. The summed E-state index contributed by atoms with van der Waals surface area (Å²) in [6, 6.07) is 5.64. The zero-order valence-electron chi connectivity index (χ0n) is 11.2. The second-order valence-corrected chi connectivity index (χ2v) is 4.64. The van der Waals surface area contributed by atoms with Crippen molar-refractivity contribution in [3.05, 3.63) is 23.8 Å². The number of fused-ring (bicyclic) bond motifs is 1. The number of nitrogens with one attached hydrogen (secondary N) is 1. The number of ether oxygens (including phenoxy) is 2. The van der Waals surface area contributed by atoms with Crippen molar-refractivity contribution in [2.24, 2.45) is 0 Å². The Morgan fingerprint density at radius 2 is 2.00 bits per heavy atom. The van der Waals surface area contributed by atoms with E-state index in [-0.39, 0.29) is 6.79 Å².